The lowest BCUT2D eigenvalue weighted by Gasteiger charge is -2.37. The summed E-state index contributed by atoms with van der Waals surface area (Å²) in [5, 5.41) is 0. The molecule has 190 valence electrons. The van der Waals surface area contributed by atoms with Gasteiger partial charge >= 0.3 is 0 Å². The Bertz CT molecular complexity index is 815. The summed E-state index contributed by atoms with van der Waals surface area (Å²) in [6.07, 6.45) is 5.85. The highest BCUT2D eigenvalue weighted by Gasteiger charge is 2.25. The van der Waals surface area contributed by atoms with E-state index in [-0.39, 0.29) is 11.8 Å². The third-order valence-corrected chi connectivity index (χ3v) is 7.20. The average molecular weight is 471 g/mol. The normalized spacial score (nSPS) is 19.6. The molecule has 2 heterocycles. The van der Waals surface area contributed by atoms with E-state index in [1.54, 1.807) is 6.92 Å². The molecule has 2 aliphatic heterocycles. The van der Waals surface area contributed by atoms with Crippen molar-refractivity contribution in [3.05, 3.63) is 29.3 Å². The summed E-state index contributed by atoms with van der Waals surface area (Å²) in [7, 11) is 0. The summed E-state index contributed by atoms with van der Waals surface area (Å²) in [6, 6.07) is 6.54. The highest BCUT2D eigenvalue weighted by molar-refractivity contribution is 5.97. The topological polar surface area (TPSA) is 47.1 Å². The molecule has 0 saturated carbocycles. The van der Waals surface area contributed by atoms with E-state index in [9.17, 15) is 9.59 Å². The number of amides is 2. The number of carbonyl (C=O) groups excluding carboxylic acids is 2. The number of benzene rings is 1. The van der Waals surface area contributed by atoms with Gasteiger partial charge in [-0.3, -0.25) is 19.4 Å². The smallest absolute Gasteiger partial charge is 0.253 e. The van der Waals surface area contributed by atoms with Crippen molar-refractivity contribution in [1.29, 1.82) is 0 Å². The number of hydrogen-bond acceptors (Lipinski definition) is 4. The Morgan fingerprint density at radius 1 is 0.853 bits per heavy atom. The zero-order valence-corrected chi connectivity index (χ0v) is 22.2. The first-order valence-electron chi connectivity index (χ1n) is 13.4. The second-order valence-electron chi connectivity index (χ2n) is 10.8. The van der Waals surface area contributed by atoms with E-state index < -0.39 is 0 Å². The molecule has 2 amide bonds. The Morgan fingerprint density at radius 3 is 2.12 bits per heavy atom. The Hall–Kier alpha value is -1.92. The van der Waals surface area contributed by atoms with E-state index in [0.717, 1.165) is 82.0 Å². The molecule has 6 nitrogen and oxygen atoms in total. The first kappa shape index (κ1) is 26.7. The zero-order valence-electron chi connectivity index (χ0n) is 22.2. The summed E-state index contributed by atoms with van der Waals surface area (Å²) >= 11 is 0. The summed E-state index contributed by atoms with van der Waals surface area (Å²) in [5.74, 6) is 0.766. The van der Waals surface area contributed by atoms with Crippen LogP contribution in [-0.4, -0.2) is 78.4 Å². The van der Waals surface area contributed by atoms with Crippen molar-refractivity contribution in [3.63, 3.8) is 0 Å². The number of nitrogens with zero attached hydrogens (tertiary/aromatic N) is 4. The first-order chi connectivity index (χ1) is 16.3. The van der Waals surface area contributed by atoms with Crippen LogP contribution in [0.3, 0.4) is 0 Å². The second kappa shape index (κ2) is 12.7. The predicted octanol–water partition coefficient (Wildman–Crippen LogP) is 4.63. The molecule has 0 atom stereocenters. The Kier molecular flexibility index (Phi) is 9.96. The van der Waals surface area contributed by atoms with E-state index in [0.29, 0.717) is 12.0 Å². The molecule has 0 bridgehead atoms. The number of rotatable bonds is 4. The van der Waals surface area contributed by atoms with Gasteiger partial charge in [0.2, 0.25) is 5.91 Å². The number of piperazine rings is 1. The maximum atomic E-state index is 13.4. The predicted molar refractivity (Wildman–Crippen MR) is 140 cm³/mol. The lowest BCUT2D eigenvalue weighted by atomic mass is 10.0. The van der Waals surface area contributed by atoms with Crippen molar-refractivity contribution in [3.8, 4) is 0 Å². The quantitative estimate of drug-likeness (QED) is 0.644. The van der Waals surface area contributed by atoms with Gasteiger partial charge in [0, 0.05) is 70.0 Å². The van der Waals surface area contributed by atoms with Gasteiger partial charge in [-0.1, -0.05) is 33.1 Å². The number of carbonyl (C=O) groups is 2. The Labute approximate surface area is 207 Å². The largest absolute Gasteiger partial charge is 0.336 e. The second-order valence-corrected chi connectivity index (χ2v) is 10.8. The van der Waals surface area contributed by atoms with E-state index in [2.05, 4.69) is 43.6 Å². The van der Waals surface area contributed by atoms with E-state index in [1.165, 1.54) is 19.3 Å². The summed E-state index contributed by atoms with van der Waals surface area (Å²) in [6.45, 7) is 17.6. The van der Waals surface area contributed by atoms with E-state index in [1.807, 2.05) is 21.9 Å². The molecule has 0 radical (unpaired) electrons. The number of anilines is 1. The van der Waals surface area contributed by atoms with E-state index >= 15 is 0 Å². The maximum Gasteiger partial charge on any atom is 0.253 e. The molecule has 2 aliphatic rings. The summed E-state index contributed by atoms with van der Waals surface area (Å²) in [5.41, 5.74) is 2.82. The fraction of sp³-hybridized carbons (Fsp3) is 0.714. The molecule has 0 N–H and O–H groups in total. The van der Waals surface area contributed by atoms with Gasteiger partial charge in [0.15, 0.2) is 0 Å². The molecule has 1 aromatic carbocycles. The minimum Gasteiger partial charge on any atom is -0.336 e. The van der Waals surface area contributed by atoms with Crippen LogP contribution in [0, 0.1) is 5.92 Å². The van der Waals surface area contributed by atoms with Crippen LogP contribution >= 0.6 is 0 Å². The van der Waals surface area contributed by atoms with Crippen molar-refractivity contribution in [2.45, 2.75) is 79.3 Å². The molecular formula is C28H46N4O2. The third kappa shape index (κ3) is 7.29. The van der Waals surface area contributed by atoms with Gasteiger partial charge in [0.25, 0.3) is 5.91 Å². The van der Waals surface area contributed by atoms with Crippen LogP contribution in [0.2, 0.25) is 0 Å². The summed E-state index contributed by atoms with van der Waals surface area (Å²) in [4.78, 5) is 34.9. The van der Waals surface area contributed by atoms with Crippen LogP contribution < -0.4 is 4.90 Å². The van der Waals surface area contributed by atoms with Gasteiger partial charge in [-0.15, -0.1) is 0 Å². The standard InChI is InChI=1S/C28H46N4O2/c1-22(2)20-29-13-9-7-6-8-10-14-32(24(5)33)27-12-11-25(19-26(27)21-29)28(34)31-17-15-30(16-18-31)23(3)4/h11-12,19,22-23H,6-10,13-18,20-21H2,1-5H3. The van der Waals surface area contributed by atoms with Gasteiger partial charge in [0.05, 0.1) is 0 Å². The van der Waals surface area contributed by atoms with Crippen molar-refractivity contribution >= 4 is 17.5 Å². The minimum atomic E-state index is 0.0811. The summed E-state index contributed by atoms with van der Waals surface area (Å²) < 4.78 is 0. The van der Waals surface area contributed by atoms with Crippen LogP contribution in [0.25, 0.3) is 0 Å². The van der Waals surface area contributed by atoms with E-state index in [4.69, 9.17) is 0 Å². The fourth-order valence-electron chi connectivity index (χ4n) is 5.31. The first-order valence-corrected chi connectivity index (χ1v) is 13.4. The Balaban J connectivity index is 1.89. The van der Waals surface area contributed by atoms with Crippen molar-refractivity contribution in [1.82, 2.24) is 14.7 Å². The molecule has 0 unspecified atom stereocenters. The molecule has 0 aliphatic carbocycles. The molecule has 1 aromatic rings. The lowest BCUT2D eigenvalue weighted by molar-refractivity contribution is -0.116. The van der Waals surface area contributed by atoms with Crippen LogP contribution in [0.4, 0.5) is 5.69 Å². The Morgan fingerprint density at radius 2 is 1.50 bits per heavy atom. The monoisotopic (exact) mass is 470 g/mol. The molecule has 0 spiro atoms. The van der Waals surface area contributed by atoms with Crippen LogP contribution in [0.5, 0.6) is 0 Å². The average Bonchev–Trinajstić information content (AvgIpc) is 2.79. The van der Waals surface area contributed by atoms with Gasteiger partial charge < -0.3 is 9.80 Å². The van der Waals surface area contributed by atoms with Gasteiger partial charge in [0.1, 0.15) is 0 Å². The van der Waals surface area contributed by atoms with Gasteiger partial charge in [-0.05, 0) is 62.9 Å². The highest BCUT2D eigenvalue weighted by Crippen LogP contribution is 2.27. The third-order valence-electron chi connectivity index (χ3n) is 7.20. The van der Waals surface area contributed by atoms with Crippen molar-refractivity contribution in [2.75, 3.05) is 50.7 Å². The molecule has 0 aromatic heterocycles. The van der Waals surface area contributed by atoms with Crippen LogP contribution in [-0.2, 0) is 11.3 Å². The fourth-order valence-corrected chi connectivity index (χ4v) is 5.31. The molecular weight excluding hydrogens is 424 g/mol. The lowest BCUT2D eigenvalue weighted by Crippen LogP contribution is -2.50. The van der Waals surface area contributed by atoms with Gasteiger partial charge in [-0.25, -0.2) is 0 Å². The molecule has 1 fully saturated rings. The molecule has 6 heteroatoms. The molecule has 3 rings (SSSR count). The van der Waals surface area contributed by atoms with Crippen LogP contribution in [0.15, 0.2) is 18.2 Å². The number of fused-ring (bicyclic) bond motifs is 1. The van der Waals surface area contributed by atoms with Crippen molar-refractivity contribution < 1.29 is 9.59 Å². The minimum absolute atomic E-state index is 0.0811. The molecule has 1 saturated heterocycles. The van der Waals surface area contributed by atoms with Crippen molar-refractivity contribution in [2.24, 2.45) is 5.92 Å². The SMILES string of the molecule is CC(=O)N1CCCCCCCN(CC(C)C)Cc2cc(C(=O)N3CCN(C(C)C)CC3)ccc21. The maximum absolute atomic E-state index is 13.4. The molecule has 34 heavy (non-hydrogen) atoms. The number of hydrogen-bond donors (Lipinski definition) is 0. The zero-order chi connectivity index (χ0) is 24.7. The van der Waals surface area contributed by atoms with Gasteiger partial charge in [-0.2, -0.15) is 0 Å². The van der Waals surface area contributed by atoms with Crippen LogP contribution in [0.1, 0.15) is 82.6 Å². The highest BCUT2D eigenvalue weighted by atomic mass is 16.2.